The van der Waals surface area contributed by atoms with Crippen molar-refractivity contribution in [2.45, 2.75) is 64.3 Å². The van der Waals surface area contributed by atoms with Crippen molar-refractivity contribution in [3.05, 3.63) is 51.2 Å². The number of hydrogen-bond donors (Lipinski definition) is 3. The van der Waals surface area contributed by atoms with Gasteiger partial charge in [-0.15, -0.1) is 11.3 Å². The lowest BCUT2D eigenvalue weighted by molar-refractivity contribution is -0.147. The van der Waals surface area contributed by atoms with Crippen LogP contribution in [0.4, 0.5) is 10.5 Å². The standard InChI is InChI=1S/C28H35ClN4O6S/c1-28(2,3)39-27(37)32-20-14-17(8-9-21(20)33-12-13-38-16-24(33)34)25(35)31-19-7-5-4-6-18(19)15-30-26(36)22-10-11-23(29)40-22/h4-7,10-11,17,20-21H,8-9,12-16H2,1-3H3,(H,30,36)(H,31,35)(H,32,37)/t17-,20+,21-/m1/s1. The summed E-state index contributed by atoms with van der Waals surface area (Å²) in [5.74, 6) is -0.962. The molecule has 2 aromatic rings. The Bertz CT molecular complexity index is 1250. The summed E-state index contributed by atoms with van der Waals surface area (Å²) >= 11 is 7.14. The highest BCUT2D eigenvalue weighted by Gasteiger charge is 2.40. The van der Waals surface area contributed by atoms with Crippen LogP contribution in [-0.4, -0.2) is 66.2 Å². The maximum atomic E-state index is 13.4. The first kappa shape index (κ1) is 29.8. The van der Waals surface area contributed by atoms with Gasteiger partial charge in [-0.25, -0.2) is 4.79 Å². The molecule has 1 saturated carbocycles. The number of amides is 4. The fraction of sp³-hybridized carbons (Fsp3) is 0.500. The number of nitrogens with zero attached hydrogens (tertiary/aromatic N) is 1. The number of thiophene rings is 1. The van der Waals surface area contributed by atoms with E-state index in [0.717, 1.165) is 5.56 Å². The largest absolute Gasteiger partial charge is 0.444 e. The molecule has 1 aliphatic heterocycles. The van der Waals surface area contributed by atoms with E-state index < -0.39 is 23.7 Å². The Hall–Kier alpha value is -3.15. The summed E-state index contributed by atoms with van der Waals surface area (Å²) < 4.78 is 11.3. The molecule has 0 unspecified atom stereocenters. The summed E-state index contributed by atoms with van der Waals surface area (Å²) in [6, 6.07) is 9.89. The van der Waals surface area contributed by atoms with Crippen LogP contribution in [0.25, 0.3) is 0 Å². The van der Waals surface area contributed by atoms with E-state index >= 15 is 0 Å². The molecule has 1 aromatic heterocycles. The van der Waals surface area contributed by atoms with Crippen LogP contribution in [0, 0.1) is 5.92 Å². The molecule has 0 spiro atoms. The van der Waals surface area contributed by atoms with E-state index in [1.165, 1.54) is 11.3 Å². The van der Waals surface area contributed by atoms with Gasteiger partial charge in [0.25, 0.3) is 5.91 Å². The first-order valence-corrected chi connectivity index (χ1v) is 14.5. The normalized spacial score (nSPS) is 21.4. The molecular weight excluding hydrogens is 556 g/mol. The van der Waals surface area contributed by atoms with Crippen molar-refractivity contribution in [3.8, 4) is 0 Å². The highest BCUT2D eigenvalue weighted by atomic mass is 35.5. The van der Waals surface area contributed by atoms with Crippen molar-refractivity contribution < 1.29 is 28.7 Å². The average Bonchev–Trinajstić information content (AvgIpc) is 3.33. The van der Waals surface area contributed by atoms with Crippen LogP contribution < -0.4 is 16.0 Å². The van der Waals surface area contributed by atoms with Gasteiger partial charge in [-0.05, 0) is 63.8 Å². The second-order valence-corrected chi connectivity index (χ2v) is 12.6. The summed E-state index contributed by atoms with van der Waals surface area (Å²) in [6.07, 6.45) is 0.854. The monoisotopic (exact) mass is 590 g/mol. The molecule has 10 nitrogen and oxygen atoms in total. The van der Waals surface area contributed by atoms with Gasteiger partial charge in [-0.2, -0.15) is 0 Å². The van der Waals surface area contributed by atoms with Gasteiger partial charge in [0.15, 0.2) is 0 Å². The van der Waals surface area contributed by atoms with Gasteiger partial charge in [0, 0.05) is 24.7 Å². The molecular formula is C28H35ClN4O6S. The number of nitrogens with one attached hydrogen (secondary N) is 3. The average molecular weight is 591 g/mol. The molecule has 1 aromatic carbocycles. The Morgan fingerprint density at radius 1 is 1.15 bits per heavy atom. The number of hydrogen-bond acceptors (Lipinski definition) is 7. The van der Waals surface area contributed by atoms with E-state index in [2.05, 4.69) is 16.0 Å². The Kier molecular flexibility index (Phi) is 9.70. The number of alkyl carbamates (subject to hydrolysis) is 1. The smallest absolute Gasteiger partial charge is 0.407 e. The van der Waals surface area contributed by atoms with Gasteiger partial charge >= 0.3 is 6.09 Å². The van der Waals surface area contributed by atoms with Gasteiger partial charge in [0.2, 0.25) is 11.8 Å². The van der Waals surface area contributed by atoms with E-state index in [-0.39, 0.29) is 36.9 Å². The number of morpholine rings is 1. The maximum Gasteiger partial charge on any atom is 0.407 e. The Morgan fingerprint density at radius 3 is 2.62 bits per heavy atom. The molecule has 0 radical (unpaired) electrons. The Morgan fingerprint density at radius 2 is 1.93 bits per heavy atom. The molecule has 40 heavy (non-hydrogen) atoms. The molecule has 2 heterocycles. The number of rotatable bonds is 7. The number of carbonyl (C=O) groups excluding carboxylic acids is 4. The van der Waals surface area contributed by atoms with E-state index in [1.54, 1.807) is 43.9 Å². The number of benzene rings is 1. The van der Waals surface area contributed by atoms with E-state index in [9.17, 15) is 19.2 Å². The number of ether oxygens (including phenoxy) is 2. The van der Waals surface area contributed by atoms with Crippen molar-refractivity contribution in [2.75, 3.05) is 25.1 Å². The fourth-order valence-electron chi connectivity index (χ4n) is 4.99. The van der Waals surface area contributed by atoms with Crippen LogP contribution in [-0.2, 0) is 25.6 Å². The minimum Gasteiger partial charge on any atom is -0.444 e. The molecule has 1 aliphatic carbocycles. The third-order valence-electron chi connectivity index (χ3n) is 6.82. The molecule has 0 bridgehead atoms. The summed E-state index contributed by atoms with van der Waals surface area (Å²) in [5.41, 5.74) is 0.663. The zero-order valence-electron chi connectivity index (χ0n) is 22.8. The Balaban J connectivity index is 1.43. The second-order valence-electron chi connectivity index (χ2n) is 10.9. The summed E-state index contributed by atoms with van der Waals surface area (Å²) in [4.78, 5) is 53.4. The number of carbonyl (C=O) groups is 4. The van der Waals surface area contributed by atoms with Crippen LogP contribution in [0.1, 0.15) is 55.3 Å². The number of anilines is 1. The van der Waals surface area contributed by atoms with Crippen molar-refractivity contribution in [1.82, 2.24) is 15.5 Å². The lowest BCUT2D eigenvalue weighted by Gasteiger charge is -2.43. The lowest BCUT2D eigenvalue weighted by Crippen LogP contribution is -2.59. The van der Waals surface area contributed by atoms with E-state index in [4.69, 9.17) is 21.1 Å². The molecule has 3 N–H and O–H groups in total. The van der Waals surface area contributed by atoms with Crippen molar-refractivity contribution >= 4 is 52.4 Å². The zero-order chi connectivity index (χ0) is 28.9. The van der Waals surface area contributed by atoms with E-state index in [0.29, 0.717) is 47.3 Å². The first-order valence-electron chi connectivity index (χ1n) is 13.3. The highest BCUT2D eigenvalue weighted by Crippen LogP contribution is 2.31. The van der Waals surface area contributed by atoms with Crippen molar-refractivity contribution in [3.63, 3.8) is 0 Å². The molecule has 3 atom stereocenters. The molecule has 216 valence electrons. The highest BCUT2D eigenvalue weighted by molar-refractivity contribution is 7.18. The molecule has 2 fully saturated rings. The molecule has 4 rings (SSSR count). The first-order chi connectivity index (χ1) is 19.0. The number of para-hydroxylation sites is 1. The topological polar surface area (TPSA) is 126 Å². The minimum atomic E-state index is -0.686. The summed E-state index contributed by atoms with van der Waals surface area (Å²) in [6.45, 7) is 6.43. The van der Waals surface area contributed by atoms with Gasteiger partial charge in [0.05, 0.1) is 27.9 Å². The summed E-state index contributed by atoms with van der Waals surface area (Å²) in [5, 5.41) is 8.80. The molecule has 12 heteroatoms. The SMILES string of the molecule is CC(C)(C)OC(=O)N[C@H]1C[C@H](C(=O)Nc2ccccc2CNC(=O)c2ccc(Cl)s2)CC[C@H]1N1CCOCC1=O. The van der Waals surface area contributed by atoms with Crippen LogP contribution in [0.3, 0.4) is 0 Å². The maximum absolute atomic E-state index is 13.4. The molecule has 1 saturated heterocycles. The van der Waals surface area contributed by atoms with E-state index in [1.807, 2.05) is 18.2 Å². The van der Waals surface area contributed by atoms with Gasteiger partial charge < -0.3 is 30.3 Å². The Labute approximate surface area is 242 Å². The van der Waals surface area contributed by atoms with Gasteiger partial charge in [-0.1, -0.05) is 29.8 Å². The molecule has 2 aliphatic rings. The minimum absolute atomic E-state index is 0.00637. The van der Waals surface area contributed by atoms with Crippen LogP contribution in [0.5, 0.6) is 0 Å². The number of halogens is 1. The summed E-state index contributed by atoms with van der Waals surface area (Å²) in [7, 11) is 0. The van der Waals surface area contributed by atoms with Crippen LogP contribution in [0.15, 0.2) is 36.4 Å². The predicted molar refractivity (Wildman–Crippen MR) is 152 cm³/mol. The van der Waals surface area contributed by atoms with Crippen molar-refractivity contribution in [2.24, 2.45) is 5.92 Å². The third-order valence-corrected chi connectivity index (χ3v) is 8.05. The fourth-order valence-corrected chi connectivity index (χ4v) is 5.95. The quantitative estimate of drug-likeness (QED) is 0.444. The van der Waals surface area contributed by atoms with Crippen LogP contribution in [0.2, 0.25) is 4.34 Å². The second kappa shape index (κ2) is 13.0. The predicted octanol–water partition coefficient (Wildman–Crippen LogP) is 4.19. The third kappa shape index (κ3) is 7.96. The lowest BCUT2D eigenvalue weighted by atomic mass is 9.80. The van der Waals surface area contributed by atoms with Gasteiger partial charge in [0.1, 0.15) is 12.2 Å². The van der Waals surface area contributed by atoms with Crippen molar-refractivity contribution in [1.29, 1.82) is 0 Å². The van der Waals surface area contributed by atoms with Crippen LogP contribution >= 0.6 is 22.9 Å². The zero-order valence-corrected chi connectivity index (χ0v) is 24.4. The van der Waals surface area contributed by atoms with Gasteiger partial charge in [-0.3, -0.25) is 14.4 Å². The molecule has 4 amide bonds.